The van der Waals surface area contributed by atoms with Crippen molar-refractivity contribution >= 4 is 15.9 Å². The first kappa shape index (κ1) is 14.6. The Hall–Kier alpha value is -0.490. The summed E-state index contributed by atoms with van der Waals surface area (Å²) in [6, 6.07) is 4.77. The molecule has 2 atom stereocenters. The van der Waals surface area contributed by atoms with Gasteiger partial charge in [0.25, 0.3) is 0 Å². The monoisotopic (exact) mass is 304 g/mol. The van der Waals surface area contributed by atoms with Crippen molar-refractivity contribution in [3.63, 3.8) is 0 Å². The first-order chi connectivity index (χ1) is 8.08. The minimum absolute atomic E-state index is 0.0663. The molecule has 96 valence electrons. The Balaban J connectivity index is 2.76. The number of nitrogens with two attached hydrogens (primary N) is 1. The second kappa shape index (κ2) is 7.06. The molecule has 0 saturated heterocycles. The highest BCUT2D eigenvalue weighted by Crippen LogP contribution is 2.18. The van der Waals surface area contributed by atoms with Gasteiger partial charge < -0.3 is 4.74 Å². The minimum atomic E-state index is -0.225. The van der Waals surface area contributed by atoms with Crippen molar-refractivity contribution in [2.24, 2.45) is 5.84 Å². The van der Waals surface area contributed by atoms with Crippen molar-refractivity contribution in [1.82, 2.24) is 5.43 Å². The van der Waals surface area contributed by atoms with E-state index in [9.17, 15) is 4.39 Å². The van der Waals surface area contributed by atoms with E-state index in [-0.39, 0.29) is 18.0 Å². The summed E-state index contributed by atoms with van der Waals surface area (Å²) < 4.78 is 19.9. The summed E-state index contributed by atoms with van der Waals surface area (Å²) in [5.41, 5.74) is 3.29. The molecule has 0 aliphatic rings. The molecule has 0 saturated carbocycles. The Kier molecular flexibility index (Phi) is 6.05. The topological polar surface area (TPSA) is 47.3 Å². The maximum absolute atomic E-state index is 13.6. The minimum Gasteiger partial charge on any atom is -0.377 e. The smallest absolute Gasteiger partial charge is 0.126 e. The molecule has 0 aromatic heterocycles. The lowest BCUT2D eigenvalue weighted by molar-refractivity contribution is 0.0474. The lowest BCUT2D eigenvalue weighted by Crippen LogP contribution is -2.45. The highest BCUT2D eigenvalue weighted by molar-refractivity contribution is 9.10. The van der Waals surface area contributed by atoms with Gasteiger partial charge >= 0.3 is 0 Å². The SMILES string of the molecule is CCOC(C)C(Cc1cc(Br)ccc1F)NN. The Bertz CT molecular complexity index is 362. The molecular weight excluding hydrogens is 287 g/mol. The zero-order valence-electron chi connectivity index (χ0n) is 10.0. The van der Waals surface area contributed by atoms with Gasteiger partial charge in [-0.2, -0.15) is 0 Å². The van der Waals surface area contributed by atoms with Crippen LogP contribution in [-0.2, 0) is 11.2 Å². The van der Waals surface area contributed by atoms with Crippen molar-refractivity contribution in [2.45, 2.75) is 32.4 Å². The molecular formula is C12H18BrFN2O. The molecule has 0 radical (unpaired) electrons. The number of hydrazine groups is 1. The maximum Gasteiger partial charge on any atom is 0.126 e. The molecule has 17 heavy (non-hydrogen) atoms. The van der Waals surface area contributed by atoms with E-state index in [0.717, 1.165) is 4.47 Å². The third kappa shape index (κ3) is 4.35. The van der Waals surface area contributed by atoms with Crippen LogP contribution < -0.4 is 11.3 Å². The van der Waals surface area contributed by atoms with Gasteiger partial charge in [0.2, 0.25) is 0 Å². The van der Waals surface area contributed by atoms with Gasteiger partial charge in [0, 0.05) is 11.1 Å². The van der Waals surface area contributed by atoms with Crippen molar-refractivity contribution in [1.29, 1.82) is 0 Å². The highest BCUT2D eigenvalue weighted by atomic mass is 79.9. The van der Waals surface area contributed by atoms with Crippen molar-refractivity contribution in [2.75, 3.05) is 6.61 Å². The first-order valence-corrected chi connectivity index (χ1v) is 6.39. The van der Waals surface area contributed by atoms with Gasteiger partial charge in [-0.25, -0.2) is 4.39 Å². The second-order valence-electron chi connectivity index (χ2n) is 3.87. The summed E-state index contributed by atoms with van der Waals surface area (Å²) in [5, 5.41) is 0. The quantitative estimate of drug-likeness (QED) is 0.627. The van der Waals surface area contributed by atoms with E-state index in [1.807, 2.05) is 13.8 Å². The van der Waals surface area contributed by atoms with Crippen LogP contribution in [0, 0.1) is 5.82 Å². The molecule has 0 aliphatic carbocycles. The average Bonchev–Trinajstić information content (AvgIpc) is 2.30. The zero-order valence-corrected chi connectivity index (χ0v) is 11.6. The van der Waals surface area contributed by atoms with Gasteiger partial charge in [-0.1, -0.05) is 15.9 Å². The molecule has 0 spiro atoms. The van der Waals surface area contributed by atoms with Crippen LogP contribution in [0.3, 0.4) is 0 Å². The Morgan fingerprint density at radius 2 is 2.24 bits per heavy atom. The molecule has 1 aromatic carbocycles. The summed E-state index contributed by atoms with van der Waals surface area (Å²) in [5.74, 6) is 5.25. The molecule has 0 aliphatic heterocycles. The summed E-state index contributed by atoms with van der Waals surface area (Å²) in [4.78, 5) is 0. The maximum atomic E-state index is 13.6. The number of nitrogens with one attached hydrogen (secondary N) is 1. The number of hydrogen-bond acceptors (Lipinski definition) is 3. The van der Waals surface area contributed by atoms with E-state index in [0.29, 0.717) is 18.6 Å². The number of rotatable bonds is 6. The van der Waals surface area contributed by atoms with E-state index < -0.39 is 0 Å². The predicted molar refractivity (Wildman–Crippen MR) is 70.0 cm³/mol. The molecule has 2 unspecified atom stereocenters. The number of ether oxygens (including phenoxy) is 1. The molecule has 3 N–H and O–H groups in total. The van der Waals surface area contributed by atoms with Crippen molar-refractivity contribution in [3.8, 4) is 0 Å². The van der Waals surface area contributed by atoms with Crippen LogP contribution in [0.25, 0.3) is 0 Å². The second-order valence-corrected chi connectivity index (χ2v) is 4.79. The number of hydrogen-bond donors (Lipinski definition) is 2. The summed E-state index contributed by atoms with van der Waals surface area (Å²) >= 11 is 3.33. The van der Waals surface area contributed by atoms with Crippen LogP contribution >= 0.6 is 15.9 Å². The van der Waals surface area contributed by atoms with E-state index in [4.69, 9.17) is 10.6 Å². The molecule has 0 fully saturated rings. The van der Waals surface area contributed by atoms with E-state index in [2.05, 4.69) is 21.4 Å². The largest absolute Gasteiger partial charge is 0.377 e. The molecule has 0 bridgehead atoms. The molecule has 1 rings (SSSR count). The van der Waals surface area contributed by atoms with Crippen LogP contribution in [0.2, 0.25) is 0 Å². The van der Waals surface area contributed by atoms with Gasteiger partial charge in [0.1, 0.15) is 5.82 Å². The lowest BCUT2D eigenvalue weighted by atomic mass is 10.0. The van der Waals surface area contributed by atoms with E-state index in [1.54, 1.807) is 12.1 Å². The Labute approximate surface area is 110 Å². The number of benzene rings is 1. The number of halogens is 2. The van der Waals surface area contributed by atoms with Gasteiger partial charge in [-0.15, -0.1) is 0 Å². The molecule has 1 aromatic rings. The van der Waals surface area contributed by atoms with Crippen LogP contribution in [-0.4, -0.2) is 18.8 Å². The standard InChI is InChI=1S/C12H18BrFN2O/c1-3-17-8(2)12(16-15)7-9-6-10(13)4-5-11(9)14/h4-6,8,12,16H,3,7,15H2,1-2H3. The molecule has 5 heteroatoms. The van der Waals surface area contributed by atoms with Crippen LogP contribution in [0.1, 0.15) is 19.4 Å². The first-order valence-electron chi connectivity index (χ1n) is 5.60. The van der Waals surface area contributed by atoms with Crippen LogP contribution in [0.5, 0.6) is 0 Å². The lowest BCUT2D eigenvalue weighted by Gasteiger charge is -2.23. The van der Waals surface area contributed by atoms with E-state index >= 15 is 0 Å². The fraction of sp³-hybridized carbons (Fsp3) is 0.500. The molecule has 0 amide bonds. The third-order valence-electron chi connectivity index (χ3n) is 2.66. The molecule has 0 heterocycles. The highest BCUT2D eigenvalue weighted by Gasteiger charge is 2.18. The van der Waals surface area contributed by atoms with Gasteiger partial charge in [0.15, 0.2) is 0 Å². The summed E-state index contributed by atoms with van der Waals surface area (Å²) in [7, 11) is 0. The van der Waals surface area contributed by atoms with Gasteiger partial charge in [-0.3, -0.25) is 11.3 Å². The fourth-order valence-corrected chi connectivity index (χ4v) is 2.08. The predicted octanol–water partition coefficient (Wildman–Crippen LogP) is 2.39. The Morgan fingerprint density at radius 1 is 1.53 bits per heavy atom. The Morgan fingerprint density at radius 3 is 2.82 bits per heavy atom. The van der Waals surface area contributed by atoms with Crippen LogP contribution in [0.15, 0.2) is 22.7 Å². The van der Waals surface area contributed by atoms with Crippen molar-refractivity contribution < 1.29 is 9.13 Å². The average molecular weight is 305 g/mol. The van der Waals surface area contributed by atoms with Gasteiger partial charge in [0.05, 0.1) is 12.1 Å². The fourth-order valence-electron chi connectivity index (χ4n) is 1.68. The summed E-state index contributed by atoms with van der Waals surface area (Å²) in [6.45, 7) is 4.45. The zero-order chi connectivity index (χ0) is 12.8. The van der Waals surface area contributed by atoms with Crippen molar-refractivity contribution in [3.05, 3.63) is 34.1 Å². The normalized spacial score (nSPS) is 14.6. The third-order valence-corrected chi connectivity index (χ3v) is 3.15. The van der Waals surface area contributed by atoms with E-state index in [1.165, 1.54) is 6.07 Å². The summed E-state index contributed by atoms with van der Waals surface area (Å²) in [6.07, 6.45) is 0.423. The van der Waals surface area contributed by atoms with Gasteiger partial charge in [-0.05, 0) is 44.0 Å². The molecule has 3 nitrogen and oxygen atoms in total. The van der Waals surface area contributed by atoms with Crippen LogP contribution in [0.4, 0.5) is 4.39 Å².